The van der Waals surface area contributed by atoms with Crippen LogP contribution in [0, 0.1) is 13.8 Å². The number of benzene rings is 2. The van der Waals surface area contributed by atoms with E-state index in [9.17, 15) is 9.59 Å². The van der Waals surface area contributed by atoms with Gasteiger partial charge in [-0.3, -0.25) is 14.6 Å². The maximum atomic E-state index is 12.3. The van der Waals surface area contributed by atoms with Gasteiger partial charge >= 0.3 is 0 Å². The molecule has 0 aliphatic rings. The molecule has 2 aromatic carbocycles. The van der Waals surface area contributed by atoms with Gasteiger partial charge in [-0.25, -0.2) is 5.84 Å². The molecule has 162 valence electrons. The molecule has 2 rings (SSSR count). The Hall–Kier alpha value is -1.59. The quantitative estimate of drug-likeness (QED) is 0.268. The lowest BCUT2D eigenvalue weighted by Gasteiger charge is -2.31. The highest BCUT2D eigenvalue weighted by Gasteiger charge is 2.25. The molecule has 4 nitrogen and oxygen atoms in total. The summed E-state index contributed by atoms with van der Waals surface area (Å²) >= 11 is 5.16. The van der Waals surface area contributed by atoms with E-state index >= 15 is 0 Å². The highest BCUT2D eigenvalue weighted by molar-refractivity contribution is 6.67. The summed E-state index contributed by atoms with van der Waals surface area (Å²) in [6, 6.07) is 12.6. The van der Waals surface area contributed by atoms with Crippen LogP contribution in [0.5, 0.6) is 0 Å². The van der Waals surface area contributed by atoms with Crippen LogP contribution in [0.1, 0.15) is 65.1 Å². The molecule has 0 aliphatic heterocycles. The molecule has 7 heteroatoms. The van der Waals surface area contributed by atoms with Gasteiger partial charge in [0, 0.05) is 11.1 Å². The van der Waals surface area contributed by atoms with Crippen LogP contribution in [0.2, 0.25) is 0 Å². The molecule has 29 heavy (non-hydrogen) atoms. The third kappa shape index (κ3) is 8.75. The van der Waals surface area contributed by atoms with Crippen molar-refractivity contribution in [2.45, 2.75) is 53.5 Å². The van der Waals surface area contributed by atoms with E-state index in [-0.39, 0.29) is 36.3 Å². The Labute approximate surface area is 191 Å². The summed E-state index contributed by atoms with van der Waals surface area (Å²) in [6.45, 7) is 12.0. The smallest absolute Gasteiger partial charge is 0.268 e. The van der Waals surface area contributed by atoms with Crippen molar-refractivity contribution in [1.82, 2.24) is 5.01 Å². The van der Waals surface area contributed by atoms with Crippen molar-refractivity contribution in [2.24, 2.45) is 5.84 Å². The lowest BCUT2D eigenvalue weighted by Crippen LogP contribution is -2.50. The molecule has 0 radical (unpaired) electrons. The SMILES string of the molecule is CCc1c(C)cc(C(=O)N(N)C(C)(C)C)cc1C.Cl.Cl.O=C(Cl)c1ccccc1. The van der Waals surface area contributed by atoms with Crippen LogP contribution in [0.4, 0.5) is 0 Å². The predicted molar refractivity (Wildman–Crippen MR) is 127 cm³/mol. The van der Waals surface area contributed by atoms with E-state index in [0.717, 1.165) is 17.5 Å². The van der Waals surface area contributed by atoms with E-state index in [2.05, 4.69) is 6.92 Å². The van der Waals surface area contributed by atoms with Crippen LogP contribution in [-0.4, -0.2) is 21.7 Å². The fraction of sp³-hybridized carbons (Fsp3) is 0.364. The third-order valence-electron chi connectivity index (χ3n) is 4.24. The van der Waals surface area contributed by atoms with E-state index < -0.39 is 5.24 Å². The topological polar surface area (TPSA) is 63.4 Å². The number of carbonyl (C=O) groups is 2. The number of rotatable bonds is 3. The Balaban J connectivity index is 0. The number of hydrazine groups is 1. The van der Waals surface area contributed by atoms with Gasteiger partial charge in [-0.1, -0.05) is 37.3 Å². The van der Waals surface area contributed by atoms with E-state index in [1.54, 1.807) is 24.3 Å². The summed E-state index contributed by atoms with van der Waals surface area (Å²) in [5.41, 5.74) is 4.46. The van der Waals surface area contributed by atoms with Gasteiger partial charge in [0.05, 0.1) is 5.54 Å². The van der Waals surface area contributed by atoms with Crippen molar-refractivity contribution in [2.75, 3.05) is 0 Å². The number of nitrogens with two attached hydrogens (primary N) is 1. The summed E-state index contributed by atoms with van der Waals surface area (Å²) in [4.78, 5) is 22.7. The number of halogens is 3. The van der Waals surface area contributed by atoms with Gasteiger partial charge in [0.25, 0.3) is 11.1 Å². The molecule has 0 bridgehead atoms. The Bertz CT molecular complexity index is 780. The van der Waals surface area contributed by atoms with Gasteiger partial charge in [0.2, 0.25) is 0 Å². The van der Waals surface area contributed by atoms with Gasteiger partial charge in [-0.2, -0.15) is 0 Å². The second-order valence-electron chi connectivity index (χ2n) is 7.43. The zero-order valence-electron chi connectivity index (χ0n) is 17.8. The van der Waals surface area contributed by atoms with Gasteiger partial charge < -0.3 is 0 Å². The minimum absolute atomic E-state index is 0. The van der Waals surface area contributed by atoms with Crippen molar-refractivity contribution >= 4 is 47.6 Å². The van der Waals surface area contributed by atoms with Crippen LogP contribution in [0.25, 0.3) is 0 Å². The van der Waals surface area contributed by atoms with Crippen molar-refractivity contribution in [3.63, 3.8) is 0 Å². The Morgan fingerprint density at radius 1 is 0.966 bits per heavy atom. The van der Waals surface area contributed by atoms with Gasteiger partial charge in [0.15, 0.2) is 0 Å². The van der Waals surface area contributed by atoms with Crippen molar-refractivity contribution in [1.29, 1.82) is 0 Å². The molecule has 0 atom stereocenters. The molecule has 0 saturated carbocycles. The molecular weight excluding hydrogens is 431 g/mol. The first-order valence-electron chi connectivity index (χ1n) is 8.93. The van der Waals surface area contributed by atoms with E-state index in [0.29, 0.717) is 11.1 Å². The highest BCUT2D eigenvalue weighted by Crippen LogP contribution is 2.20. The molecule has 0 saturated heterocycles. The van der Waals surface area contributed by atoms with E-state index in [4.69, 9.17) is 17.4 Å². The van der Waals surface area contributed by atoms with Crippen molar-refractivity contribution in [3.8, 4) is 0 Å². The summed E-state index contributed by atoms with van der Waals surface area (Å²) < 4.78 is 0. The average Bonchev–Trinajstić information content (AvgIpc) is 2.60. The Morgan fingerprint density at radius 3 is 1.72 bits per heavy atom. The second-order valence-corrected chi connectivity index (χ2v) is 7.77. The first-order chi connectivity index (χ1) is 12.5. The lowest BCUT2D eigenvalue weighted by atomic mass is 9.96. The van der Waals surface area contributed by atoms with Gasteiger partial charge in [-0.05, 0) is 81.5 Å². The van der Waals surface area contributed by atoms with Crippen LogP contribution in [0.3, 0.4) is 0 Å². The minimum Gasteiger partial charge on any atom is -0.276 e. The molecule has 0 unspecified atom stereocenters. The molecule has 0 aromatic heterocycles. The van der Waals surface area contributed by atoms with Crippen LogP contribution < -0.4 is 5.84 Å². The zero-order valence-corrected chi connectivity index (χ0v) is 20.2. The molecule has 0 aliphatic carbocycles. The van der Waals surface area contributed by atoms with E-state index in [1.807, 2.05) is 52.8 Å². The molecule has 1 amide bonds. The lowest BCUT2D eigenvalue weighted by molar-refractivity contribution is 0.0581. The van der Waals surface area contributed by atoms with Crippen molar-refractivity contribution < 1.29 is 9.59 Å². The second kappa shape index (κ2) is 12.9. The molecule has 2 N–H and O–H groups in total. The number of carbonyl (C=O) groups excluding carboxylic acids is 2. The van der Waals surface area contributed by atoms with Crippen molar-refractivity contribution in [3.05, 3.63) is 70.3 Å². The monoisotopic (exact) mass is 460 g/mol. The van der Waals surface area contributed by atoms with Crippen LogP contribution in [-0.2, 0) is 6.42 Å². The maximum absolute atomic E-state index is 12.3. The first kappa shape index (κ1) is 29.6. The fourth-order valence-corrected chi connectivity index (χ4v) is 2.81. The third-order valence-corrected chi connectivity index (χ3v) is 4.46. The summed E-state index contributed by atoms with van der Waals surface area (Å²) in [6.07, 6.45) is 0.984. The zero-order chi connectivity index (χ0) is 20.8. The molecule has 0 fully saturated rings. The number of amides is 1. The minimum atomic E-state index is -0.407. The van der Waals surface area contributed by atoms with Gasteiger partial charge in [0.1, 0.15) is 0 Å². The van der Waals surface area contributed by atoms with E-state index in [1.165, 1.54) is 10.6 Å². The maximum Gasteiger partial charge on any atom is 0.268 e. The number of nitrogens with zero attached hydrogens (tertiary/aromatic N) is 1. The van der Waals surface area contributed by atoms with Crippen LogP contribution in [0.15, 0.2) is 42.5 Å². The standard InChI is InChI=1S/C15H24N2O.C7H5ClO.2ClH/c1-7-13-10(2)8-12(9-11(13)3)14(18)17(16)15(4,5)6;8-7(9)6-4-2-1-3-5-6;;/h8-9H,7,16H2,1-6H3;1-5H;2*1H. The molecule has 0 spiro atoms. The summed E-state index contributed by atoms with van der Waals surface area (Å²) in [5.74, 6) is 5.75. The molecular formula is C22H31Cl3N2O2. The fourth-order valence-electron chi connectivity index (χ4n) is 2.69. The largest absolute Gasteiger partial charge is 0.276 e. The number of aryl methyl sites for hydroxylation is 2. The Morgan fingerprint density at radius 2 is 1.41 bits per heavy atom. The predicted octanol–water partition coefficient (Wildman–Crippen LogP) is 5.89. The summed E-state index contributed by atoms with van der Waals surface area (Å²) in [5, 5.41) is 0.892. The Kier molecular flexibility index (Phi) is 13.1. The molecule has 2 aromatic rings. The normalized spacial score (nSPS) is 9.93. The van der Waals surface area contributed by atoms with Gasteiger partial charge in [-0.15, -0.1) is 24.8 Å². The summed E-state index contributed by atoms with van der Waals surface area (Å²) in [7, 11) is 0. The number of hydrogen-bond donors (Lipinski definition) is 1. The molecule has 0 heterocycles. The first-order valence-corrected chi connectivity index (χ1v) is 9.31. The average molecular weight is 462 g/mol. The number of hydrogen-bond acceptors (Lipinski definition) is 3. The van der Waals surface area contributed by atoms with Crippen LogP contribution >= 0.6 is 36.4 Å². The highest BCUT2D eigenvalue weighted by atomic mass is 35.5.